The van der Waals surface area contributed by atoms with Gasteiger partial charge in [-0.05, 0) is 31.0 Å². The van der Waals surface area contributed by atoms with Crippen molar-refractivity contribution in [3.63, 3.8) is 0 Å². The molecule has 0 unspecified atom stereocenters. The molecular formula is C11H12NO2. The third-order valence-corrected chi connectivity index (χ3v) is 2.34. The maximum Gasteiger partial charge on any atom is 0.214 e. The number of nitrogens with zero attached hydrogens (tertiary/aromatic N) is 1. The number of carbonyl (C=O) groups excluding carboxylic acids is 1. The van der Waals surface area contributed by atoms with Crippen molar-refractivity contribution >= 4 is 12.1 Å². The first-order valence-electron chi connectivity index (χ1n) is 4.64. The zero-order valence-corrected chi connectivity index (χ0v) is 8.06. The van der Waals surface area contributed by atoms with Crippen LogP contribution in [0.4, 0.5) is 5.69 Å². The van der Waals surface area contributed by atoms with E-state index in [1.165, 1.54) is 0 Å². The molecule has 1 saturated carbocycles. The van der Waals surface area contributed by atoms with Crippen molar-refractivity contribution in [1.29, 1.82) is 0 Å². The minimum absolute atomic E-state index is 0.386. The number of methoxy groups -OCH3 is 1. The van der Waals surface area contributed by atoms with E-state index in [0.717, 1.165) is 30.7 Å². The molecule has 1 aliphatic rings. The van der Waals surface area contributed by atoms with Gasteiger partial charge in [-0.3, -0.25) is 4.79 Å². The second-order valence-electron chi connectivity index (χ2n) is 3.36. The van der Waals surface area contributed by atoms with Gasteiger partial charge < -0.3 is 9.64 Å². The Morgan fingerprint density at radius 2 is 2.36 bits per heavy atom. The molecule has 1 aromatic carbocycles. The summed E-state index contributed by atoms with van der Waals surface area (Å²) in [6, 6.07) is 8.85. The Labute approximate surface area is 83.3 Å². The third-order valence-electron chi connectivity index (χ3n) is 2.34. The average molecular weight is 190 g/mol. The van der Waals surface area contributed by atoms with E-state index in [1.54, 1.807) is 18.1 Å². The van der Waals surface area contributed by atoms with Crippen LogP contribution in [-0.2, 0) is 4.79 Å². The van der Waals surface area contributed by atoms with E-state index in [9.17, 15) is 4.79 Å². The highest BCUT2D eigenvalue weighted by Crippen LogP contribution is 2.30. The topological polar surface area (TPSA) is 29.5 Å². The van der Waals surface area contributed by atoms with Crippen molar-refractivity contribution in [2.45, 2.75) is 18.9 Å². The predicted molar refractivity (Wildman–Crippen MR) is 53.4 cm³/mol. The van der Waals surface area contributed by atoms with Crippen LogP contribution >= 0.6 is 0 Å². The largest absolute Gasteiger partial charge is 0.497 e. The molecule has 1 amide bonds. The molecule has 1 aliphatic carbocycles. The van der Waals surface area contributed by atoms with Gasteiger partial charge in [0.15, 0.2) is 0 Å². The first-order chi connectivity index (χ1) is 6.85. The smallest absolute Gasteiger partial charge is 0.214 e. The highest BCUT2D eigenvalue weighted by Gasteiger charge is 2.28. The maximum absolute atomic E-state index is 10.8. The molecule has 0 aliphatic heterocycles. The summed E-state index contributed by atoms with van der Waals surface area (Å²) in [5.74, 6) is 0.760. The SMILES string of the molecule is COc1c[c]c(N(C=O)C2CC2)cc1. The summed E-state index contributed by atoms with van der Waals surface area (Å²) in [7, 11) is 1.61. The first kappa shape index (κ1) is 9.06. The highest BCUT2D eigenvalue weighted by atomic mass is 16.5. The molecule has 0 N–H and O–H groups in total. The van der Waals surface area contributed by atoms with E-state index < -0.39 is 0 Å². The molecule has 73 valence electrons. The van der Waals surface area contributed by atoms with E-state index >= 15 is 0 Å². The van der Waals surface area contributed by atoms with Gasteiger partial charge in [-0.1, -0.05) is 0 Å². The van der Waals surface area contributed by atoms with E-state index in [4.69, 9.17) is 4.74 Å². The zero-order chi connectivity index (χ0) is 9.97. The lowest BCUT2D eigenvalue weighted by atomic mass is 10.3. The fourth-order valence-electron chi connectivity index (χ4n) is 1.38. The van der Waals surface area contributed by atoms with Gasteiger partial charge >= 0.3 is 0 Å². The lowest BCUT2D eigenvalue weighted by Crippen LogP contribution is -2.23. The summed E-state index contributed by atoms with van der Waals surface area (Å²) < 4.78 is 5.02. The van der Waals surface area contributed by atoms with Crippen LogP contribution in [-0.4, -0.2) is 19.6 Å². The Morgan fingerprint density at radius 3 is 2.79 bits per heavy atom. The van der Waals surface area contributed by atoms with Crippen LogP contribution in [0, 0.1) is 6.07 Å². The number of anilines is 1. The number of hydrogen-bond acceptors (Lipinski definition) is 2. The summed E-state index contributed by atoms with van der Waals surface area (Å²) in [4.78, 5) is 12.5. The van der Waals surface area contributed by atoms with Gasteiger partial charge in [0, 0.05) is 12.1 Å². The highest BCUT2D eigenvalue weighted by molar-refractivity contribution is 5.76. The summed E-state index contributed by atoms with van der Waals surface area (Å²) in [6.45, 7) is 0. The lowest BCUT2D eigenvalue weighted by molar-refractivity contribution is -0.107. The molecule has 1 aromatic rings. The predicted octanol–water partition coefficient (Wildman–Crippen LogP) is 1.62. The molecule has 1 fully saturated rings. The molecule has 0 spiro atoms. The Hall–Kier alpha value is -1.51. The van der Waals surface area contributed by atoms with E-state index in [-0.39, 0.29) is 0 Å². The Balaban J connectivity index is 2.17. The van der Waals surface area contributed by atoms with Crippen LogP contribution in [0.25, 0.3) is 0 Å². The van der Waals surface area contributed by atoms with E-state index in [2.05, 4.69) is 6.07 Å². The monoisotopic (exact) mass is 190 g/mol. The Bertz CT molecular complexity index is 317. The molecule has 0 saturated heterocycles. The molecule has 0 atom stereocenters. The van der Waals surface area contributed by atoms with Crippen LogP contribution in [0.3, 0.4) is 0 Å². The third kappa shape index (κ3) is 1.71. The second-order valence-corrected chi connectivity index (χ2v) is 3.36. The standard InChI is InChI=1S/C11H12NO2/c1-14-11-6-4-10(5-7-11)12(8-13)9-2-3-9/h4,6-9H,2-3H2,1H3. The van der Waals surface area contributed by atoms with Crippen molar-refractivity contribution in [1.82, 2.24) is 0 Å². The van der Waals surface area contributed by atoms with Crippen LogP contribution < -0.4 is 9.64 Å². The summed E-state index contributed by atoms with van der Waals surface area (Å²) >= 11 is 0. The van der Waals surface area contributed by atoms with Crippen molar-refractivity contribution in [2.75, 3.05) is 12.0 Å². The van der Waals surface area contributed by atoms with Crippen molar-refractivity contribution in [2.24, 2.45) is 0 Å². The number of ether oxygens (including phenoxy) is 1. The quantitative estimate of drug-likeness (QED) is 0.675. The summed E-state index contributed by atoms with van der Waals surface area (Å²) in [5.41, 5.74) is 0.823. The molecular weight excluding hydrogens is 178 g/mol. The van der Waals surface area contributed by atoms with Gasteiger partial charge in [0.05, 0.1) is 12.8 Å². The van der Waals surface area contributed by atoms with Gasteiger partial charge in [0.25, 0.3) is 0 Å². The number of hydrogen-bond donors (Lipinski definition) is 0. The number of carbonyl (C=O) groups is 1. The van der Waals surface area contributed by atoms with Gasteiger partial charge in [-0.15, -0.1) is 0 Å². The van der Waals surface area contributed by atoms with Crippen molar-refractivity contribution < 1.29 is 9.53 Å². The second kappa shape index (κ2) is 3.70. The molecule has 0 aromatic heterocycles. The van der Waals surface area contributed by atoms with Gasteiger partial charge in [-0.2, -0.15) is 0 Å². The fourth-order valence-corrected chi connectivity index (χ4v) is 1.38. The van der Waals surface area contributed by atoms with Crippen molar-refractivity contribution in [3.05, 3.63) is 24.3 Å². The van der Waals surface area contributed by atoms with Gasteiger partial charge in [0.1, 0.15) is 5.75 Å². The molecule has 0 heterocycles. The molecule has 14 heavy (non-hydrogen) atoms. The fraction of sp³-hybridized carbons (Fsp3) is 0.364. The van der Waals surface area contributed by atoms with Crippen LogP contribution in [0.15, 0.2) is 18.2 Å². The molecule has 3 heteroatoms. The minimum Gasteiger partial charge on any atom is -0.497 e. The summed E-state index contributed by atoms with van der Waals surface area (Å²) in [5, 5.41) is 0. The van der Waals surface area contributed by atoms with Crippen LogP contribution in [0.2, 0.25) is 0 Å². The average Bonchev–Trinajstić information content (AvgIpc) is 3.04. The van der Waals surface area contributed by atoms with Crippen LogP contribution in [0.1, 0.15) is 12.8 Å². The minimum atomic E-state index is 0.386. The zero-order valence-electron chi connectivity index (χ0n) is 8.06. The molecule has 0 bridgehead atoms. The van der Waals surface area contributed by atoms with Crippen LogP contribution in [0.5, 0.6) is 5.75 Å². The first-order valence-corrected chi connectivity index (χ1v) is 4.64. The summed E-state index contributed by atoms with van der Waals surface area (Å²) in [6.07, 6.45) is 3.06. The molecule has 3 nitrogen and oxygen atoms in total. The molecule has 1 radical (unpaired) electrons. The van der Waals surface area contributed by atoms with E-state index in [1.807, 2.05) is 12.1 Å². The van der Waals surface area contributed by atoms with Gasteiger partial charge in [-0.25, -0.2) is 0 Å². The maximum atomic E-state index is 10.8. The number of benzene rings is 1. The van der Waals surface area contributed by atoms with Crippen molar-refractivity contribution in [3.8, 4) is 5.75 Å². The lowest BCUT2D eigenvalue weighted by Gasteiger charge is -2.16. The Kier molecular flexibility index (Phi) is 2.39. The number of rotatable bonds is 4. The Morgan fingerprint density at radius 1 is 1.57 bits per heavy atom. The normalized spacial score (nSPS) is 14.9. The number of amides is 1. The van der Waals surface area contributed by atoms with E-state index in [0.29, 0.717) is 6.04 Å². The molecule has 2 rings (SSSR count). The van der Waals surface area contributed by atoms with Gasteiger partial charge in [0.2, 0.25) is 6.41 Å².